The van der Waals surface area contributed by atoms with Gasteiger partial charge in [0.05, 0.1) is 0 Å². The van der Waals surface area contributed by atoms with Gasteiger partial charge in [-0.05, 0) is 26.8 Å². The molecule has 0 heterocycles. The lowest BCUT2D eigenvalue weighted by Crippen LogP contribution is -2.21. The molecule has 0 bridgehead atoms. The lowest BCUT2D eigenvalue weighted by Gasteiger charge is -2.09. The van der Waals surface area contributed by atoms with E-state index in [1.54, 1.807) is 0 Å². The van der Waals surface area contributed by atoms with Gasteiger partial charge in [0.2, 0.25) is 0 Å². The third kappa shape index (κ3) is 4.22. The van der Waals surface area contributed by atoms with Crippen LogP contribution in [-0.4, -0.2) is 13.1 Å². The Morgan fingerprint density at radius 3 is 2.56 bits per heavy atom. The van der Waals surface area contributed by atoms with E-state index < -0.39 is 0 Å². The maximum Gasteiger partial charge on any atom is 0.00728 e. The molecule has 54 valence electrons. The molecule has 0 aliphatic rings. The van der Waals surface area contributed by atoms with E-state index in [0.717, 1.165) is 12.8 Å². The highest BCUT2D eigenvalue weighted by Crippen LogP contribution is 2.05. The zero-order chi connectivity index (χ0) is 7.28. The molecule has 0 radical (unpaired) electrons. The maximum absolute atomic E-state index is 3.92. The lowest BCUT2D eigenvalue weighted by atomic mass is 10.1. The Morgan fingerprint density at radius 2 is 2.22 bits per heavy atom. The largest absolute Gasteiger partial charge is 0.317 e. The zero-order valence-corrected chi connectivity index (χ0v) is 6.70. The molecule has 1 atom stereocenters. The average Bonchev–Trinajstić information content (AvgIpc) is 1.87. The Morgan fingerprint density at radius 1 is 1.67 bits per heavy atom. The monoisotopic (exact) mass is 127 g/mol. The van der Waals surface area contributed by atoms with E-state index in [1.807, 2.05) is 7.05 Å². The average molecular weight is 127 g/mol. The molecular formula is C8H17N. The molecule has 0 aromatic carbocycles. The summed E-state index contributed by atoms with van der Waals surface area (Å²) in [4.78, 5) is 0. The standard InChI is InChI=1S/C8H17N/c1-5-7(2)6-8(3)9-4/h8-9H,2,5-6H2,1,3-4H3. The van der Waals surface area contributed by atoms with Crippen molar-refractivity contribution in [3.8, 4) is 0 Å². The van der Waals surface area contributed by atoms with Crippen molar-refractivity contribution in [3.05, 3.63) is 12.2 Å². The van der Waals surface area contributed by atoms with Crippen molar-refractivity contribution in [2.45, 2.75) is 32.7 Å². The summed E-state index contributed by atoms with van der Waals surface area (Å²) >= 11 is 0. The smallest absolute Gasteiger partial charge is 0.00728 e. The number of hydrogen-bond acceptors (Lipinski definition) is 1. The fourth-order valence-electron chi connectivity index (χ4n) is 0.679. The van der Waals surface area contributed by atoms with Gasteiger partial charge in [-0.25, -0.2) is 0 Å². The van der Waals surface area contributed by atoms with E-state index in [-0.39, 0.29) is 0 Å². The second-order valence-corrected chi connectivity index (χ2v) is 2.50. The third-order valence-corrected chi connectivity index (χ3v) is 1.59. The minimum absolute atomic E-state index is 0.581. The zero-order valence-electron chi connectivity index (χ0n) is 6.70. The van der Waals surface area contributed by atoms with Crippen LogP contribution in [0.4, 0.5) is 0 Å². The van der Waals surface area contributed by atoms with Crippen LogP contribution in [0.5, 0.6) is 0 Å². The highest BCUT2D eigenvalue weighted by Gasteiger charge is 1.97. The first kappa shape index (κ1) is 8.70. The van der Waals surface area contributed by atoms with E-state index in [4.69, 9.17) is 0 Å². The second-order valence-electron chi connectivity index (χ2n) is 2.50. The fourth-order valence-corrected chi connectivity index (χ4v) is 0.679. The van der Waals surface area contributed by atoms with Gasteiger partial charge in [0, 0.05) is 6.04 Å². The number of nitrogens with one attached hydrogen (secondary N) is 1. The first-order valence-electron chi connectivity index (χ1n) is 3.54. The molecule has 1 heteroatoms. The van der Waals surface area contributed by atoms with E-state index in [9.17, 15) is 0 Å². The van der Waals surface area contributed by atoms with Crippen molar-refractivity contribution in [2.75, 3.05) is 7.05 Å². The predicted octanol–water partition coefficient (Wildman–Crippen LogP) is 1.95. The molecule has 0 fully saturated rings. The van der Waals surface area contributed by atoms with Crippen molar-refractivity contribution < 1.29 is 0 Å². The van der Waals surface area contributed by atoms with Crippen LogP contribution < -0.4 is 5.32 Å². The fraction of sp³-hybridized carbons (Fsp3) is 0.750. The molecule has 0 amide bonds. The summed E-state index contributed by atoms with van der Waals surface area (Å²) < 4.78 is 0. The van der Waals surface area contributed by atoms with E-state index in [2.05, 4.69) is 25.7 Å². The minimum atomic E-state index is 0.581. The van der Waals surface area contributed by atoms with Crippen LogP contribution in [0.25, 0.3) is 0 Å². The van der Waals surface area contributed by atoms with Crippen molar-refractivity contribution in [1.29, 1.82) is 0 Å². The third-order valence-electron chi connectivity index (χ3n) is 1.59. The summed E-state index contributed by atoms with van der Waals surface area (Å²) in [6.45, 7) is 8.23. The Kier molecular flexibility index (Phi) is 4.41. The normalized spacial score (nSPS) is 13.2. The quantitative estimate of drug-likeness (QED) is 0.569. The van der Waals surface area contributed by atoms with Gasteiger partial charge in [-0.2, -0.15) is 0 Å². The van der Waals surface area contributed by atoms with Crippen LogP contribution in [0.1, 0.15) is 26.7 Å². The van der Waals surface area contributed by atoms with Gasteiger partial charge in [-0.1, -0.05) is 19.1 Å². The lowest BCUT2D eigenvalue weighted by molar-refractivity contribution is 0.599. The van der Waals surface area contributed by atoms with Gasteiger partial charge in [0.1, 0.15) is 0 Å². The molecule has 0 saturated carbocycles. The van der Waals surface area contributed by atoms with E-state index in [0.29, 0.717) is 6.04 Å². The summed E-state index contributed by atoms with van der Waals surface area (Å²) in [7, 11) is 1.98. The molecule has 0 aliphatic heterocycles. The minimum Gasteiger partial charge on any atom is -0.317 e. The van der Waals surface area contributed by atoms with Crippen molar-refractivity contribution in [1.82, 2.24) is 5.32 Å². The Bertz CT molecular complexity index is 86.6. The maximum atomic E-state index is 3.92. The van der Waals surface area contributed by atoms with Gasteiger partial charge in [0.15, 0.2) is 0 Å². The van der Waals surface area contributed by atoms with Gasteiger partial charge >= 0.3 is 0 Å². The summed E-state index contributed by atoms with van der Waals surface area (Å²) in [5, 5.41) is 3.17. The summed E-state index contributed by atoms with van der Waals surface area (Å²) in [6, 6.07) is 0.581. The summed E-state index contributed by atoms with van der Waals surface area (Å²) in [6.07, 6.45) is 2.21. The van der Waals surface area contributed by atoms with Crippen LogP contribution in [0, 0.1) is 0 Å². The topological polar surface area (TPSA) is 12.0 Å². The van der Waals surface area contributed by atoms with Gasteiger partial charge in [-0.15, -0.1) is 0 Å². The molecule has 1 nitrogen and oxygen atoms in total. The van der Waals surface area contributed by atoms with Crippen molar-refractivity contribution >= 4 is 0 Å². The van der Waals surface area contributed by atoms with E-state index >= 15 is 0 Å². The van der Waals surface area contributed by atoms with E-state index in [1.165, 1.54) is 5.57 Å². The molecule has 0 aliphatic carbocycles. The molecule has 0 aromatic heterocycles. The number of rotatable bonds is 4. The van der Waals surface area contributed by atoms with Gasteiger partial charge < -0.3 is 5.32 Å². The summed E-state index contributed by atoms with van der Waals surface area (Å²) in [5.41, 5.74) is 1.33. The number of hydrogen-bond donors (Lipinski definition) is 1. The van der Waals surface area contributed by atoms with Crippen LogP contribution in [-0.2, 0) is 0 Å². The molecule has 1 N–H and O–H groups in total. The highest BCUT2D eigenvalue weighted by atomic mass is 14.8. The van der Waals surface area contributed by atoms with Crippen LogP contribution in [0.15, 0.2) is 12.2 Å². The van der Waals surface area contributed by atoms with Gasteiger partial charge in [-0.3, -0.25) is 0 Å². The van der Waals surface area contributed by atoms with Gasteiger partial charge in [0.25, 0.3) is 0 Å². The van der Waals surface area contributed by atoms with Crippen LogP contribution in [0.3, 0.4) is 0 Å². The van der Waals surface area contributed by atoms with Crippen LogP contribution in [0.2, 0.25) is 0 Å². The second kappa shape index (κ2) is 4.57. The molecule has 0 saturated heterocycles. The first-order valence-corrected chi connectivity index (χ1v) is 3.54. The van der Waals surface area contributed by atoms with Crippen molar-refractivity contribution in [2.24, 2.45) is 0 Å². The van der Waals surface area contributed by atoms with Crippen molar-refractivity contribution in [3.63, 3.8) is 0 Å². The SMILES string of the molecule is C=C(CC)CC(C)NC. The first-order chi connectivity index (χ1) is 4.20. The molecule has 9 heavy (non-hydrogen) atoms. The summed E-state index contributed by atoms with van der Waals surface area (Å²) in [5.74, 6) is 0. The predicted molar refractivity (Wildman–Crippen MR) is 42.6 cm³/mol. The highest BCUT2D eigenvalue weighted by molar-refractivity contribution is 4.94. The molecule has 0 aromatic rings. The molecule has 0 spiro atoms. The molecular weight excluding hydrogens is 110 g/mol. The molecule has 1 unspecified atom stereocenters. The Hall–Kier alpha value is -0.300. The Balaban J connectivity index is 3.34. The molecule has 0 rings (SSSR count). The Labute approximate surface area is 58.2 Å². The van der Waals surface area contributed by atoms with Crippen LogP contribution >= 0.6 is 0 Å².